The van der Waals surface area contributed by atoms with E-state index in [9.17, 15) is 9.59 Å². The van der Waals surface area contributed by atoms with E-state index in [1.54, 1.807) is 29.7 Å². The molecule has 174 valence electrons. The van der Waals surface area contributed by atoms with Crippen molar-refractivity contribution in [3.63, 3.8) is 0 Å². The van der Waals surface area contributed by atoms with Crippen LogP contribution in [0.2, 0.25) is 0 Å². The number of carbonyl (C=O) groups excluding carboxylic acids is 2. The maximum Gasteiger partial charge on any atom is 0.290 e. The molecule has 2 amide bonds. The van der Waals surface area contributed by atoms with Gasteiger partial charge in [0.15, 0.2) is 0 Å². The first-order valence-electron chi connectivity index (χ1n) is 11.2. The van der Waals surface area contributed by atoms with Crippen LogP contribution in [-0.4, -0.2) is 45.7 Å². The second-order valence-electron chi connectivity index (χ2n) is 8.19. The highest BCUT2D eigenvalue weighted by molar-refractivity contribution is 8.18. The molecule has 3 aromatic heterocycles. The van der Waals surface area contributed by atoms with Crippen LogP contribution in [0.15, 0.2) is 52.9 Å². The van der Waals surface area contributed by atoms with Crippen LogP contribution in [0.1, 0.15) is 24.2 Å². The number of nitrogens with one attached hydrogen (secondary N) is 2. The summed E-state index contributed by atoms with van der Waals surface area (Å²) in [5.74, 6) is 0.869. The van der Waals surface area contributed by atoms with Gasteiger partial charge in [0.2, 0.25) is 5.95 Å². The average molecular weight is 493 g/mol. The molecule has 0 saturated carbocycles. The van der Waals surface area contributed by atoms with Crippen LogP contribution in [-0.2, 0) is 11.3 Å². The molecule has 8 nitrogen and oxygen atoms in total. The molecule has 2 N–H and O–H groups in total. The van der Waals surface area contributed by atoms with Gasteiger partial charge in [0.05, 0.1) is 26.9 Å². The van der Waals surface area contributed by atoms with Crippen LogP contribution in [0.5, 0.6) is 0 Å². The van der Waals surface area contributed by atoms with Crippen molar-refractivity contribution in [2.45, 2.75) is 19.4 Å². The van der Waals surface area contributed by atoms with E-state index in [0.717, 1.165) is 62.2 Å². The van der Waals surface area contributed by atoms with E-state index in [0.29, 0.717) is 22.5 Å². The lowest BCUT2D eigenvalue weighted by Crippen LogP contribution is -2.38. The quantitative estimate of drug-likeness (QED) is 0.479. The first-order valence-corrected chi connectivity index (χ1v) is 12.9. The number of imide groups is 1. The van der Waals surface area contributed by atoms with Crippen LogP contribution >= 0.6 is 23.1 Å². The summed E-state index contributed by atoms with van der Waals surface area (Å²) in [6, 6.07) is 12.1. The molecule has 0 bridgehead atoms. The number of aromatic nitrogens is 3. The Kier molecular flexibility index (Phi) is 6.98. The maximum atomic E-state index is 11.8. The first kappa shape index (κ1) is 22.7. The molecule has 0 atom stereocenters. The van der Waals surface area contributed by atoms with Gasteiger partial charge in [0.25, 0.3) is 11.1 Å². The molecule has 5 rings (SSSR count). The van der Waals surface area contributed by atoms with Gasteiger partial charge in [0.1, 0.15) is 0 Å². The lowest BCUT2D eigenvalue weighted by Gasteiger charge is -2.32. The van der Waals surface area contributed by atoms with E-state index in [-0.39, 0.29) is 11.1 Å². The third kappa shape index (κ3) is 5.52. The van der Waals surface area contributed by atoms with Crippen LogP contribution in [0.25, 0.3) is 16.6 Å². The topological polar surface area (TPSA) is 100 Å². The molecule has 0 aromatic carbocycles. The molecule has 34 heavy (non-hydrogen) atoms. The predicted molar refractivity (Wildman–Crippen MR) is 135 cm³/mol. The number of hydrogen-bond acceptors (Lipinski definition) is 9. The minimum atomic E-state index is -0.378. The fourth-order valence-electron chi connectivity index (χ4n) is 4.03. The fourth-order valence-corrected chi connectivity index (χ4v) is 5.39. The number of amides is 2. The van der Waals surface area contributed by atoms with Gasteiger partial charge in [-0.25, -0.2) is 9.97 Å². The lowest BCUT2D eigenvalue weighted by molar-refractivity contribution is -0.115. The normalized spacial score (nSPS) is 18.0. The number of thioether (sulfide) groups is 1. The van der Waals surface area contributed by atoms with E-state index >= 15 is 0 Å². The molecule has 3 aromatic rings. The minimum absolute atomic E-state index is 0.354. The molecule has 2 aliphatic heterocycles. The van der Waals surface area contributed by atoms with Crippen LogP contribution in [0.4, 0.5) is 10.7 Å². The van der Waals surface area contributed by atoms with Crippen LogP contribution in [0.3, 0.4) is 0 Å². The summed E-state index contributed by atoms with van der Waals surface area (Å²) in [5, 5.41) is 7.55. The van der Waals surface area contributed by atoms with Crippen molar-refractivity contribution in [2.75, 3.05) is 24.5 Å². The molecule has 2 saturated heterocycles. The summed E-state index contributed by atoms with van der Waals surface area (Å²) in [6.45, 7) is 3.47. The Balaban J connectivity index is 1.11. The SMILES string of the molecule is O=C1NC(=O)/C(=C\c2ccnc(N3CCC(CNCc4cccc(-c5cccs5)n4)CC3)n2)S1. The second-order valence-corrected chi connectivity index (χ2v) is 10.1. The summed E-state index contributed by atoms with van der Waals surface area (Å²) in [7, 11) is 0. The Morgan fingerprint density at radius 1 is 1.12 bits per heavy atom. The molecular weight excluding hydrogens is 468 g/mol. The molecule has 0 spiro atoms. The number of hydrogen-bond donors (Lipinski definition) is 2. The number of piperidine rings is 1. The summed E-state index contributed by atoms with van der Waals surface area (Å²) in [4.78, 5) is 40.6. The monoisotopic (exact) mass is 492 g/mol. The Bertz CT molecular complexity index is 1210. The largest absolute Gasteiger partial charge is 0.341 e. The van der Waals surface area contributed by atoms with E-state index in [2.05, 4.69) is 55.1 Å². The van der Waals surface area contributed by atoms with Crippen molar-refractivity contribution in [3.05, 3.63) is 64.3 Å². The van der Waals surface area contributed by atoms with Crippen molar-refractivity contribution in [1.82, 2.24) is 25.6 Å². The molecule has 0 aliphatic carbocycles. The minimum Gasteiger partial charge on any atom is -0.341 e. The molecule has 0 radical (unpaired) electrons. The first-order chi connectivity index (χ1) is 16.6. The zero-order valence-electron chi connectivity index (χ0n) is 18.4. The highest BCUT2D eigenvalue weighted by atomic mass is 32.2. The van der Waals surface area contributed by atoms with Crippen molar-refractivity contribution in [3.8, 4) is 10.6 Å². The summed E-state index contributed by atoms with van der Waals surface area (Å²) in [6.07, 6.45) is 5.43. The van der Waals surface area contributed by atoms with Gasteiger partial charge in [-0.2, -0.15) is 0 Å². The highest BCUT2D eigenvalue weighted by Gasteiger charge is 2.25. The number of carbonyl (C=O) groups is 2. The maximum absolute atomic E-state index is 11.8. The zero-order valence-corrected chi connectivity index (χ0v) is 20.1. The van der Waals surface area contributed by atoms with Gasteiger partial charge in [-0.05, 0) is 72.8 Å². The Labute approximate surface area is 205 Å². The molecular formula is C24H24N6O2S2. The number of anilines is 1. The number of rotatable bonds is 7. The van der Waals surface area contributed by atoms with E-state index in [1.807, 2.05) is 6.07 Å². The molecule has 2 aliphatic rings. The predicted octanol–water partition coefficient (Wildman–Crippen LogP) is 3.93. The van der Waals surface area contributed by atoms with Crippen LogP contribution < -0.4 is 15.5 Å². The summed E-state index contributed by atoms with van der Waals surface area (Å²) < 4.78 is 0. The third-order valence-electron chi connectivity index (χ3n) is 5.80. The van der Waals surface area contributed by atoms with Gasteiger partial charge in [-0.3, -0.25) is 19.9 Å². The summed E-state index contributed by atoms with van der Waals surface area (Å²) in [5.41, 5.74) is 2.70. The van der Waals surface area contributed by atoms with Crippen molar-refractivity contribution >= 4 is 46.3 Å². The van der Waals surface area contributed by atoms with Gasteiger partial charge in [0, 0.05) is 25.8 Å². The van der Waals surface area contributed by atoms with Gasteiger partial charge < -0.3 is 10.2 Å². The summed E-state index contributed by atoms with van der Waals surface area (Å²) >= 11 is 2.60. The zero-order chi connectivity index (χ0) is 23.3. The molecule has 2 fully saturated rings. The van der Waals surface area contributed by atoms with Gasteiger partial charge in [-0.15, -0.1) is 11.3 Å². The van der Waals surface area contributed by atoms with Crippen molar-refractivity contribution < 1.29 is 9.59 Å². The molecule has 10 heteroatoms. The molecule has 0 unspecified atom stereocenters. The fraction of sp³-hybridized carbons (Fsp3) is 0.292. The lowest BCUT2D eigenvalue weighted by atomic mass is 9.97. The van der Waals surface area contributed by atoms with Crippen LogP contribution in [0, 0.1) is 5.92 Å². The Morgan fingerprint density at radius 3 is 2.76 bits per heavy atom. The number of pyridine rings is 1. The smallest absolute Gasteiger partial charge is 0.290 e. The Morgan fingerprint density at radius 2 is 2.00 bits per heavy atom. The van der Waals surface area contributed by atoms with E-state index in [1.165, 1.54) is 4.88 Å². The molecule has 5 heterocycles. The van der Waals surface area contributed by atoms with E-state index in [4.69, 9.17) is 4.98 Å². The van der Waals surface area contributed by atoms with Crippen molar-refractivity contribution in [1.29, 1.82) is 0 Å². The van der Waals surface area contributed by atoms with Gasteiger partial charge >= 0.3 is 0 Å². The Hall–Kier alpha value is -3.08. The number of nitrogens with zero attached hydrogens (tertiary/aromatic N) is 4. The number of thiophene rings is 1. The van der Waals surface area contributed by atoms with E-state index < -0.39 is 0 Å². The van der Waals surface area contributed by atoms with Gasteiger partial charge in [-0.1, -0.05) is 12.1 Å². The standard InChI is InChI=1S/C24H24N6O2S2/c31-22-21(34-24(32)29-22)13-17-6-9-26-23(28-17)30-10-7-16(8-11-30)14-25-15-18-3-1-4-19(27-18)20-5-2-12-33-20/h1-6,9,12-13,16,25H,7-8,10-11,14-15H2,(H,29,31,32)/b21-13+. The third-order valence-corrected chi connectivity index (χ3v) is 7.51. The second kappa shape index (κ2) is 10.5. The average Bonchev–Trinajstić information content (AvgIpc) is 3.50. The highest BCUT2D eigenvalue weighted by Crippen LogP contribution is 2.26. The van der Waals surface area contributed by atoms with Crippen molar-refractivity contribution in [2.24, 2.45) is 5.92 Å².